The van der Waals surface area contributed by atoms with Crippen LogP contribution in [0.25, 0.3) is 66.4 Å². The van der Waals surface area contributed by atoms with E-state index in [2.05, 4.69) is 278 Å². The number of hydrogen-bond acceptors (Lipinski definition) is 1. The van der Waals surface area contributed by atoms with Crippen molar-refractivity contribution in [3.63, 3.8) is 0 Å². The summed E-state index contributed by atoms with van der Waals surface area (Å²) in [6.07, 6.45) is 0. The van der Waals surface area contributed by atoms with Gasteiger partial charge in [-0.15, -0.1) is 0 Å². The molecule has 1 aliphatic carbocycles. The number of anilines is 3. The fourth-order valence-electron chi connectivity index (χ4n) is 10.5. The van der Waals surface area contributed by atoms with E-state index in [0.29, 0.717) is 0 Å². The Balaban J connectivity index is 0.954. The number of fused-ring (bicyclic) bond motifs is 4. The Labute approximate surface area is 387 Å². The molecule has 310 valence electrons. The third kappa shape index (κ3) is 6.73. The van der Waals surface area contributed by atoms with E-state index in [1.165, 1.54) is 83.1 Å². The van der Waals surface area contributed by atoms with Crippen LogP contribution in [0.3, 0.4) is 0 Å². The van der Waals surface area contributed by atoms with Crippen molar-refractivity contribution in [1.29, 1.82) is 0 Å². The molecule has 11 aromatic rings. The van der Waals surface area contributed by atoms with Crippen LogP contribution in [-0.4, -0.2) is 0 Å². The second-order valence-corrected chi connectivity index (χ2v) is 17.2. The van der Waals surface area contributed by atoms with Gasteiger partial charge in [-0.25, -0.2) is 0 Å². The van der Waals surface area contributed by atoms with Gasteiger partial charge in [0.25, 0.3) is 0 Å². The minimum atomic E-state index is -0.452. The van der Waals surface area contributed by atoms with E-state index < -0.39 is 5.41 Å². The summed E-state index contributed by atoms with van der Waals surface area (Å²) in [6, 6.07) is 99.9. The summed E-state index contributed by atoms with van der Waals surface area (Å²) in [5.41, 5.74) is 20.1. The van der Waals surface area contributed by atoms with Gasteiger partial charge in [0.05, 0.1) is 5.41 Å². The largest absolute Gasteiger partial charge is 0.310 e. The molecule has 66 heavy (non-hydrogen) atoms. The second kappa shape index (κ2) is 16.6. The van der Waals surface area contributed by atoms with Crippen LogP contribution < -0.4 is 4.90 Å². The topological polar surface area (TPSA) is 3.24 Å². The second-order valence-electron chi connectivity index (χ2n) is 17.2. The van der Waals surface area contributed by atoms with E-state index in [4.69, 9.17) is 0 Å². The molecule has 11 aromatic carbocycles. The van der Waals surface area contributed by atoms with Crippen LogP contribution in [-0.2, 0) is 5.41 Å². The molecule has 12 rings (SSSR count). The van der Waals surface area contributed by atoms with Crippen LogP contribution in [0.15, 0.2) is 273 Å². The molecular formula is C65H45N. The van der Waals surface area contributed by atoms with Crippen molar-refractivity contribution in [2.24, 2.45) is 0 Å². The summed E-state index contributed by atoms with van der Waals surface area (Å²) in [5.74, 6) is 0. The zero-order valence-corrected chi connectivity index (χ0v) is 36.4. The van der Waals surface area contributed by atoms with Crippen molar-refractivity contribution in [2.45, 2.75) is 5.41 Å². The molecule has 0 saturated heterocycles. The summed E-state index contributed by atoms with van der Waals surface area (Å²) in [5, 5.41) is 2.51. The van der Waals surface area contributed by atoms with E-state index in [1.807, 2.05) is 0 Å². The standard InChI is InChI=1S/C65H45N/c1-4-17-46(18-5-1)47-33-38-56(39-34-47)66(58-28-15-22-51(44-58)50-21-14-23-53(43-50)60-31-16-20-49-19-10-11-29-59(49)60)57-40-35-48(36-41-57)52-37-42-62-61-30-12-13-32-63(61)65(64(62)45-52,54-24-6-2-7-25-54)55-26-8-3-9-27-55/h1-45H. The Morgan fingerprint density at radius 1 is 0.242 bits per heavy atom. The average Bonchev–Trinajstić information content (AvgIpc) is 3.70. The lowest BCUT2D eigenvalue weighted by Gasteiger charge is -2.34. The zero-order valence-electron chi connectivity index (χ0n) is 36.4. The minimum Gasteiger partial charge on any atom is -0.310 e. The first kappa shape index (κ1) is 39.1. The molecule has 0 radical (unpaired) electrons. The predicted molar refractivity (Wildman–Crippen MR) is 278 cm³/mol. The van der Waals surface area contributed by atoms with E-state index >= 15 is 0 Å². The quantitative estimate of drug-likeness (QED) is 0.140. The lowest BCUT2D eigenvalue weighted by atomic mass is 9.67. The van der Waals surface area contributed by atoms with Gasteiger partial charge in [-0.3, -0.25) is 0 Å². The molecule has 0 spiro atoms. The van der Waals surface area contributed by atoms with Crippen LogP contribution in [0, 0.1) is 0 Å². The molecule has 0 saturated carbocycles. The van der Waals surface area contributed by atoms with E-state index in [-0.39, 0.29) is 0 Å². The summed E-state index contributed by atoms with van der Waals surface area (Å²) in [4.78, 5) is 2.38. The first-order valence-corrected chi connectivity index (χ1v) is 22.8. The highest BCUT2D eigenvalue weighted by atomic mass is 15.1. The monoisotopic (exact) mass is 839 g/mol. The van der Waals surface area contributed by atoms with Gasteiger partial charge >= 0.3 is 0 Å². The fourth-order valence-corrected chi connectivity index (χ4v) is 10.5. The van der Waals surface area contributed by atoms with Crippen molar-refractivity contribution in [1.82, 2.24) is 0 Å². The van der Waals surface area contributed by atoms with Crippen molar-refractivity contribution >= 4 is 27.8 Å². The highest BCUT2D eigenvalue weighted by molar-refractivity contribution is 5.97. The number of rotatable bonds is 9. The molecule has 1 heteroatoms. The van der Waals surface area contributed by atoms with Gasteiger partial charge in [0.2, 0.25) is 0 Å². The van der Waals surface area contributed by atoms with Crippen LogP contribution in [0.4, 0.5) is 17.1 Å². The van der Waals surface area contributed by atoms with Crippen molar-refractivity contribution < 1.29 is 0 Å². The molecule has 0 amide bonds. The van der Waals surface area contributed by atoms with Crippen molar-refractivity contribution in [3.05, 3.63) is 295 Å². The van der Waals surface area contributed by atoms with Gasteiger partial charge in [0.1, 0.15) is 0 Å². The Kier molecular flexibility index (Phi) is 9.81. The summed E-state index contributed by atoms with van der Waals surface area (Å²) < 4.78 is 0. The zero-order chi connectivity index (χ0) is 43.9. The van der Waals surface area contributed by atoms with E-state index in [0.717, 1.165) is 22.6 Å². The molecule has 0 unspecified atom stereocenters. The van der Waals surface area contributed by atoms with Gasteiger partial charge in [0.15, 0.2) is 0 Å². The maximum atomic E-state index is 2.44. The first-order chi connectivity index (χ1) is 32.7. The fraction of sp³-hybridized carbons (Fsp3) is 0.0154. The normalized spacial score (nSPS) is 12.4. The maximum Gasteiger partial charge on any atom is 0.0713 e. The van der Waals surface area contributed by atoms with Gasteiger partial charge in [-0.05, 0) is 137 Å². The Morgan fingerprint density at radius 2 is 0.697 bits per heavy atom. The minimum absolute atomic E-state index is 0.452. The average molecular weight is 840 g/mol. The smallest absolute Gasteiger partial charge is 0.0713 e. The molecule has 0 aromatic heterocycles. The number of hydrogen-bond donors (Lipinski definition) is 0. The predicted octanol–water partition coefficient (Wildman–Crippen LogP) is 17.3. The summed E-state index contributed by atoms with van der Waals surface area (Å²) in [7, 11) is 0. The molecule has 1 nitrogen and oxygen atoms in total. The molecule has 0 fully saturated rings. The van der Waals surface area contributed by atoms with Crippen LogP contribution >= 0.6 is 0 Å². The van der Waals surface area contributed by atoms with Gasteiger partial charge in [-0.1, -0.05) is 224 Å². The van der Waals surface area contributed by atoms with Crippen LogP contribution in [0.2, 0.25) is 0 Å². The third-order valence-electron chi connectivity index (χ3n) is 13.6. The highest BCUT2D eigenvalue weighted by Crippen LogP contribution is 2.56. The lowest BCUT2D eigenvalue weighted by Crippen LogP contribution is -2.28. The van der Waals surface area contributed by atoms with Crippen molar-refractivity contribution in [2.75, 3.05) is 4.90 Å². The molecule has 0 atom stereocenters. The Morgan fingerprint density at radius 3 is 1.41 bits per heavy atom. The van der Waals surface area contributed by atoms with Crippen molar-refractivity contribution in [3.8, 4) is 55.6 Å². The summed E-state index contributed by atoms with van der Waals surface area (Å²) >= 11 is 0. The SMILES string of the molecule is c1ccc(-c2ccc(N(c3ccc(-c4ccc5c(c4)C(c4ccccc4)(c4ccccc4)c4ccccc4-5)cc3)c3cccc(-c4cccc(-c5cccc6ccccc56)c4)c3)cc2)cc1. The Hall–Kier alpha value is -8.52. The molecule has 0 N–H and O–H groups in total. The number of benzene rings is 11. The van der Waals surface area contributed by atoms with Gasteiger partial charge < -0.3 is 4.90 Å². The highest BCUT2D eigenvalue weighted by Gasteiger charge is 2.46. The molecule has 1 aliphatic rings. The molecule has 0 heterocycles. The van der Waals surface area contributed by atoms with Crippen LogP contribution in [0.1, 0.15) is 22.3 Å². The number of nitrogens with zero attached hydrogens (tertiary/aromatic N) is 1. The van der Waals surface area contributed by atoms with Gasteiger partial charge in [-0.2, -0.15) is 0 Å². The Bertz CT molecular complexity index is 3460. The first-order valence-electron chi connectivity index (χ1n) is 22.8. The molecule has 0 aliphatic heterocycles. The van der Waals surface area contributed by atoms with E-state index in [1.54, 1.807) is 0 Å². The van der Waals surface area contributed by atoms with Crippen LogP contribution in [0.5, 0.6) is 0 Å². The molecular weight excluding hydrogens is 795 g/mol. The molecule has 0 bridgehead atoms. The summed E-state index contributed by atoms with van der Waals surface area (Å²) in [6.45, 7) is 0. The van der Waals surface area contributed by atoms with E-state index in [9.17, 15) is 0 Å². The maximum absolute atomic E-state index is 2.44. The van der Waals surface area contributed by atoms with Gasteiger partial charge in [0, 0.05) is 17.1 Å². The lowest BCUT2D eigenvalue weighted by molar-refractivity contribution is 0.769. The third-order valence-corrected chi connectivity index (χ3v) is 13.6.